The maximum Gasteiger partial charge on any atom is 0.340 e. The van der Waals surface area contributed by atoms with Crippen molar-refractivity contribution in [1.29, 1.82) is 5.26 Å². The van der Waals surface area contributed by atoms with Crippen LogP contribution in [0.25, 0.3) is 10.9 Å². The molecule has 1 amide bonds. The lowest BCUT2D eigenvalue weighted by molar-refractivity contribution is -0.124. The van der Waals surface area contributed by atoms with E-state index in [1.54, 1.807) is 0 Å². The number of nitriles is 1. The molecule has 0 fully saturated rings. The van der Waals surface area contributed by atoms with Crippen molar-refractivity contribution in [2.24, 2.45) is 0 Å². The molecule has 2 aromatic rings. The SMILES string of the molecule is COCc1nc2ccccc2c(C)c1C(=O)OCC(=O)NCCC#N. The van der Waals surface area contributed by atoms with E-state index in [-0.39, 0.29) is 19.6 Å². The Morgan fingerprint density at radius 3 is 2.80 bits per heavy atom. The van der Waals surface area contributed by atoms with Gasteiger partial charge in [-0.15, -0.1) is 0 Å². The maximum atomic E-state index is 12.5. The van der Waals surface area contributed by atoms with Gasteiger partial charge in [-0.2, -0.15) is 5.26 Å². The Hall–Kier alpha value is -2.98. The average molecular weight is 341 g/mol. The van der Waals surface area contributed by atoms with Gasteiger partial charge in [-0.25, -0.2) is 9.78 Å². The highest BCUT2D eigenvalue weighted by Crippen LogP contribution is 2.24. The molecule has 0 aliphatic heterocycles. The van der Waals surface area contributed by atoms with Crippen LogP contribution in [0.2, 0.25) is 0 Å². The molecule has 7 heteroatoms. The van der Waals surface area contributed by atoms with Gasteiger partial charge < -0.3 is 14.8 Å². The number of carbonyl (C=O) groups is 2. The average Bonchev–Trinajstić information content (AvgIpc) is 2.60. The predicted molar refractivity (Wildman–Crippen MR) is 90.7 cm³/mol. The predicted octanol–water partition coefficient (Wildman–Crippen LogP) is 1.88. The lowest BCUT2D eigenvalue weighted by atomic mass is 10.0. The molecule has 0 aliphatic carbocycles. The van der Waals surface area contributed by atoms with Crippen LogP contribution in [0, 0.1) is 18.3 Å². The molecule has 1 aromatic heterocycles. The molecule has 0 atom stereocenters. The van der Waals surface area contributed by atoms with Crippen molar-refractivity contribution in [1.82, 2.24) is 10.3 Å². The summed E-state index contributed by atoms with van der Waals surface area (Å²) in [5.41, 5.74) is 2.27. The second-order valence-corrected chi connectivity index (χ2v) is 5.34. The Morgan fingerprint density at radius 1 is 1.32 bits per heavy atom. The molecule has 130 valence electrons. The van der Waals surface area contributed by atoms with Crippen LogP contribution in [0.5, 0.6) is 0 Å². The molecule has 0 saturated heterocycles. The third-order valence-electron chi connectivity index (χ3n) is 3.61. The Bertz CT molecular complexity index is 827. The van der Waals surface area contributed by atoms with Gasteiger partial charge in [0, 0.05) is 19.0 Å². The fraction of sp³-hybridized carbons (Fsp3) is 0.333. The lowest BCUT2D eigenvalue weighted by Gasteiger charge is -2.13. The van der Waals surface area contributed by atoms with Crippen molar-refractivity contribution in [3.05, 3.63) is 41.1 Å². The van der Waals surface area contributed by atoms with Crippen LogP contribution in [0.1, 0.15) is 28.0 Å². The van der Waals surface area contributed by atoms with Crippen LogP contribution in [0.15, 0.2) is 24.3 Å². The molecule has 7 nitrogen and oxygen atoms in total. The smallest absolute Gasteiger partial charge is 0.340 e. The van der Waals surface area contributed by atoms with Crippen LogP contribution in [0.4, 0.5) is 0 Å². The first-order valence-electron chi connectivity index (χ1n) is 7.76. The summed E-state index contributed by atoms with van der Waals surface area (Å²) in [6.45, 7) is 1.78. The van der Waals surface area contributed by atoms with E-state index < -0.39 is 18.5 Å². The van der Waals surface area contributed by atoms with Crippen molar-refractivity contribution in [3.8, 4) is 6.07 Å². The fourth-order valence-electron chi connectivity index (χ4n) is 2.46. The molecule has 1 heterocycles. The molecular weight excluding hydrogens is 322 g/mol. The van der Waals surface area contributed by atoms with Gasteiger partial charge in [-0.05, 0) is 18.6 Å². The number of nitrogens with zero attached hydrogens (tertiary/aromatic N) is 2. The summed E-state index contributed by atoms with van der Waals surface area (Å²) in [6.07, 6.45) is 0.200. The molecule has 0 spiro atoms. The minimum Gasteiger partial charge on any atom is -0.452 e. The van der Waals surface area contributed by atoms with Gasteiger partial charge in [0.05, 0.1) is 35.9 Å². The number of hydrogen-bond donors (Lipinski definition) is 1. The lowest BCUT2D eigenvalue weighted by Crippen LogP contribution is -2.29. The number of rotatable bonds is 7. The Kier molecular flexibility index (Phi) is 6.43. The monoisotopic (exact) mass is 341 g/mol. The van der Waals surface area contributed by atoms with Crippen LogP contribution < -0.4 is 5.32 Å². The summed E-state index contributed by atoms with van der Waals surface area (Å²) >= 11 is 0. The number of benzene rings is 1. The Morgan fingerprint density at radius 2 is 2.08 bits per heavy atom. The highest BCUT2D eigenvalue weighted by molar-refractivity contribution is 5.99. The van der Waals surface area contributed by atoms with Gasteiger partial charge in [0.2, 0.25) is 0 Å². The summed E-state index contributed by atoms with van der Waals surface area (Å²) in [5, 5.41) is 11.8. The number of pyridine rings is 1. The number of ether oxygens (including phenoxy) is 2. The highest BCUT2D eigenvalue weighted by Gasteiger charge is 2.20. The second-order valence-electron chi connectivity index (χ2n) is 5.34. The molecule has 25 heavy (non-hydrogen) atoms. The molecule has 0 radical (unpaired) electrons. The van der Waals surface area contributed by atoms with Gasteiger partial charge in [0.1, 0.15) is 0 Å². The van der Waals surface area contributed by atoms with E-state index in [1.807, 2.05) is 37.3 Å². The Balaban J connectivity index is 2.21. The van der Waals surface area contributed by atoms with Crippen molar-refractivity contribution in [2.45, 2.75) is 20.0 Å². The molecule has 1 aromatic carbocycles. The quantitative estimate of drug-likeness (QED) is 0.609. The zero-order valence-electron chi connectivity index (χ0n) is 14.2. The van der Waals surface area contributed by atoms with Gasteiger partial charge >= 0.3 is 5.97 Å². The van der Waals surface area contributed by atoms with E-state index >= 15 is 0 Å². The number of nitrogens with one attached hydrogen (secondary N) is 1. The normalized spacial score (nSPS) is 10.3. The Labute approximate surface area is 145 Å². The first-order valence-corrected chi connectivity index (χ1v) is 7.76. The number of esters is 1. The first kappa shape index (κ1) is 18.4. The number of hydrogen-bond acceptors (Lipinski definition) is 6. The molecule has 2 rings (SSSR count). The standard InChI is InChI=1S/C18H19N3O4/c1-12-13-6-3-4-7-14(13)21-15(10-24-2)17(12)18(23)25-11-16(22)20-9-5-8-19/h3-4,6-7H,5,9-11H2,1-2H3,(H,20,22). The first-order chi connectivity index (χ1) is 12.1. The molecule has 0 saturated carbocycles. The maximum absolute atomic E-state index is 12.5. The minimum absolute atomic E-state index is 0.157. The third kappa shape index (κ3) is 4.52. The molecule has 0 unspecified atom stereocenters. The van der Waals surface area contributed by atoms with Crippen LogP contribution in [-0.4, -0.2) is 37.1 Å². The summed E-state index contributed by atoms with van der Waals surface area (Å²) in [5.74, 6) is -1.08. The third-order valence-corrected chi connectivity index (χ3v) is 3.61. The van der Waals surface area contributed by atoms with E-state index in [4.69, 9.17) is 14.7 Å². The molecule has 0 aliphatic rings. The van der Waals surface area contributed by atoms with Crippen LogP contribution in [-0.2, 0) is 20.9 Å². The molecule has 0 bridgehead atoms. The number of amides is 1. The summed E-state index contributed by atoms with van der Waals surface area (Å²) in [4.78, 5) is 28.6. The highest BCUT2D eigenvalue weighted by atomic mass is 16.5. The van der Waals surface area contributed by atoms with E-state index in [0.29, 0.717) is 11.3 Å². The van der Waals surface area contributed by atoms with Gasteiger partial charge in [-0.1, -0.05) is 18.2 Å². The number of para-hydroxylation sites is 1. The van der Waals surface area contributed by atoms with Gasteiger partial charge in [0.15, 0.2) is 6.61 Å². The van der Waals surface area contributed by atoms with Gasteiger partial charge in [-0.3, -0.25) is 4.79 Å². The zero-order valence-corrected chi connectivity index (χ0v) is 14.2. The van der Waals surface area contributed by atoms with Crippen molar-refractivity contribution in [3.63, 3.8) is 0 Å². The topological polar surface area (TPSA) is 101 Å². The van der Waals surface area contributed by atoms with Crippen molar-refractivity contribution < 1.29 is 19.1 Å². The number of fused-ring (bicyclic) bond motifs is 1. The molecule has 1 N–H and O–H groups in total. The number of aromatic nitrogens is 1. The fourth-order valence-corrected chi connectivity index (χ4v) is 2.46. The second kappa shape index (κ2) is 8.76. The van der Waals surface area contributed by atoms with Crippen molar-refractivity contribution >= 4 is 22.8 Å². The summed E-state index contributed by atoms with van der Waals surface area (Å²) in [6, 6.07) is 9.39. The van der Waals surface area contributed by atoms with E-state index in [0.717, 1.165) is 16.5 Å². The van der Waals surface area contributed by atoms with Crippen molar-refractivity contribution in [2.75, 3.05) is 20.3 Å². The minimum atomic E-state index is -0.627. The summed E-state index contributed by atoms with van der Waals surface area (Å²) in [7, 11) is 1.52. The zero-order chi connectivity index (χ0) is 18.2. The molecular formula is C18H19N3O4. The van der Waals surface area contributed by atoms with Gasteiger partial charge in [0.25, 0.3) is 5.91 Å². The van der Waals surface area contributed by atoms with Crippen LogP contribution >= 0.6 is 0 Å². The van der Waals surface area contributed by atoms with E-state index in [9.17, 15) is 9.59 Å². The number of aryl methyl sites for hydroxylation is 1. The van der Waals surface area contributed by atoms with E-state index in [1.165, 1.54) is 7.11 Å². The summed E-state index contributed by atoms with van der Waals surface area (Å²) < 4.78 is 10.2. The van der Waals surface area contributed by atoms with Crippen LogP contribution in [0.3, 0.4) is 0 Å². The number of methoxy groups -OCH3 is 1. The number of carbonyl (C=O) groups excluding carboxylic acids is 2. The largest absolute Gasteiger partial charge is 0.452 e. The van der Waals surface area contributed by atoms with E-state index in [2.05, 4.69) is 10.3 Å².